The van der Waals surface area contributed by atoms with Gasteiger partial charge in [0.1, 0.15) is 0 Å². The zero-order chi connectivity index (χ0) is 22.5. The van der Waals surface area contributed by atoms with Crippen molar-refractivity contribution >= 4 is 11.6 Å². The second kappa shape index (κ2) is 14.0. The van der Waals surface area contributed by atoms with Crippen LogP contribution in [-0.2, 0) is 16.0 Å². The van der Waals surface area contributed by atoms with Gasteiger partial charge in [0.25, 0.3) is 5.69 Å². The van der Waals surface area contributed by atoms with E-state index in [1.807, 2.05) is 6.92 Å². The average Bonchev–Trinajstić information content (AvgIpc) is 2.75. The molecule has 1 heterocycles. The number of nitrogens with zero attached hydrogens (tertiary/aromatic N) is 3. The third-order valence-corrected chi connectivity index (χ3v) is 4.87. The van der Waals surface area contributed by atoms with Crippen molar-refractivity contribution in [2.24, 2.45) is 10.9 Å². The van der Waals surface area contributed by atoms with Crippen molar-refractivity contribution < 1.29 is 14.4 Å². The minimum absolute atomic E-state index is 0.0838. The summed E-state index contributed by atoms with van der Waals surface area (Å²) in [6.45, 7) is 13.4. The molecule has 2 N–H and O–H groups in total. The van der Waals surface area contributed by atoms with E-state index in [1.54, 1.807) is 12.1 Å². The molecule has 0 amide bonds. The predicted molar refractivity (Wildman–Crippen MR) is 122 cm³/mol. The van der Waals surface area contributed by atoms with Gasteiger partial charge in [-0.05, 0) is 24.8 Å². The van der Waals surface area contributed by atoms with E-state index in [2.05, 4.69) is 34.4 Å². The smallest absolute Gasteiger partial charge is 0.269 e. The second-order valence-electron chi connectivity index (χ2n) is 8.09. The number of rotatable bonds is 12. The van der Waals surface area contributed by atoms with Gasteiger partial charge < -0.3 is 20.1 Å². The number of guanidine groups is 1. The Morgan fingerprint density at radius 2 is 2.13 bits per heavy atom. The van der Waals surface area contributed by atoms with Gasteiger partial charge >= 0.3 is 0 Å². The molecule has 1 unspecified atom stereocenters. The van der Waals surface area contributed by atoms with E-state index in [9.17, 15) is 10.1 Å². The number of nitro benzene ring substituents is 1. The molecule has 1 aromatic carbocycles. The van der Waals surface area contributed by atoms with Gasteiger partial charge in [0.2, 0.25) is 0 Å². The molecule has 31 heavy (non-hydrogen) atoms. The summed E-state index contributed by atoms with van der Waals surface area (Å²) in [4.78, 5) is 17.5. The first-order valence-corrected chi connectivity index (χ1v) is 11.1. The molecule has 174 valence electrons. The molecular weight excluding hydrogens is 398 g/mol. The number of hydrogen-bond acceptors (Lipinski definition) is 6. The van der Waals surface area contributed by atoms with E-state index in [1.165, 1.54) is 12.1 Å². The standard InChI is InChI=1S/C22H37N5O4/c1-4-30-12-5-10-23-22(24-14-19-6-8-20(9-7-19)27(28)29)25-15-21-17-26(11-13-31-21)16-18(2)3/h6-9,18,21H,4-5,10-17H2,1-3H3,(H2,23,24,25). The number of hydrogen-bond donors (Lipinski definition) is 2. The van der Waals surface area contributed by atoms with Crippen molar-refractivity contribution in [2.45, 2.75) is 39.8 Å². The minimum Gasteiger partial charge on any atom is -0.382 e. The number of aliphatic imine (C=N–C) groups is 1. The van der Waals surface area contributed by atoms with Crippen molar-refractivity contribution in [2.75, 3.05) is 52.5 Å². The van der Waals surface area contributed by atoms with Crippen molar-refractivity contribution in [1.29, 1.82) is 0 Å². The van der Waals surface area contributed by atoms with Crippen LogP contribution in [0.5, 0.6) is 0 Å². The molecule has 0 radical (unpaired) electrons. The number of non-ortho nitro benzene ring substituents is 1. The summed E-state index contributed by atoms with van der Waals surface area (Å²) in [5.74, 6) is 1.34. The molecule has 9 heteroatoms. The zero-order valence-electron chi connectivity index (χ0n) is 19.0. The maximum atomic E-state index is 10.8. The van der Waals surface area contributed by atoms with Crippen LogP contribution in [0.3, 0.4) is 0 Å². The van der Waals surface area contributed by atoms with Crippen LogP contribution < -0.4 is 10.6 Å². The van der Waals surface area contributed by atoms with Crippen molar-refractivity contribution in [3.05, 3.63) is 39.9 Å². The molecule has 0 spiro atoms. The molecule has 1 aliphatic heterocycles. The Morgan fingerprint density at radius 1 is 1.35 bits per heavy atom. The highest BCUT2D eigenvalue weighted by Crippen LogP contribution is 2.12. The number of benzene rings is 1. The van der Waals surface area contributed by atoms with Crippen LogP contribution in [0.1, 0.15) is 32.8 Å². The van der Waals surface area contributed by atoms with Crippen LogP contribution in [0, 0.1) is 16.0 Å². The number of nitrogens with one attached hydrogen (secondary N) is 2. The SMILES string of the molecule is CCOCCCNC(=NCc1ccc([N+](=O)[O-])cc1)NCC1CN(CC(C)C)CCO1. The third-order valence-electron chi connectivity index (χ3n) is 4.87. The van der Waals surface area contributed by atoms with Crippen LogP contribution in [0.2, 0.25) is 0 Å². The summed E-state index contributed by atoms with van der Waals surface area (Å²) in [6, 6.07) is 6.49. The second-order valence-corrected chi connectivity index (χ2v) is 8.09. The summed E-state index contributed by atoms with van der Waals surface area (Å²) in [5.41, 5.74) is 0.999. The average molecular weight is 436 g/mol. The third kappa shape index (κ3) is 10.1. The molecule has 0 aliphatic carbocycles. The number of nitro groups is 1. The Labute approximate surface area is 185 Å². The monoisotopic (exact) mass is 435 g/mol. The van der Waals surface area contributed by atoms with E-state index in [0.717, 1.165) is 44.8 Å². The molecule has 1 aromatic rings. The van der Waals surface area contributed by atoms with E-state index >= 15 is 0 Å². The summed E-state index contributed by atoms with van der Waals surface area (Å²) in [7, 11) is 0. The fourth-order valence-electron chi connectivity index (χ4n) is 3.39. The van der Waals surface area contributed by atoms with Crippen molar-refractivity contribution in [1.82, 2.24) is 15.5 Å². The molecule has 1 fully saturated rings. The molecule has 0 bridgehead atoms. The van der Waals surface area contributed by atoms with Crippen LogP contribution in [0.4, 0.5) is 5.69 Å². The Hall–Kier alpha value is -2.23. The minimum atomic E-state index is -0.396. The van der Waals surface area contributed by atoms with Gasteiger partial charge in [-0.1, -0.05) is 26.0 Å². The van der Waals surface area contributed by atoms with Crippen LogP contribution in [0.25, 0.3) is 0 Å². The highest BCUT2D eigenvalue weighted by atomic mass is 16.6. The highest BCUT2D eigenvalue weighted by molar-refractivity contribution is 5.79. The van der Waals surface area contributed by atoms with Crippen molar-refractivity contribution in [3.8, 4) is 0 Å². The fraction of sp³-hybridized carbons (Fsp3) is 0.682. The van der Waals surface area contributed by atoms with Gasteiger partial charge in [-0.3, -0.25) is 15.0 Å². The fourth-order valence-corrected chi connectivity index (χ4v) is 3.39. The van der Waals surface area contributed by atoms with Crippen LogP contribution >= 0.6 is 0 Å². The lowest BCUT2D eigenvalue weighted by atomic mass is 10.2. The summed E-state index contributed by atoms with van der Waals surface area (Å²) < 4.78 is 11.3. The van der Waals surface area contributed by atoms with Gasteiger partial charge in [-0.2, -0.15) is 0 Å². The van der Waals surface area contributed by atoms with Gasteiger partial charge in [-0.25, -0.2) is 4.99 Å². The molecule has 2 rings (SSSR count). The number of ether oxygens (including phenoxy) is 2. The number of morpholine rings is 1. The molecular formula is C22H37N5O4. The van der Waals surface area contributed by atoms with Crippen LogP contribution in [0.15, 0.2) is 29.3 Å². The molecule has 1 atom stereocenters. The quantitative estimate of drug-likeness (QED) is 0.171. The molecule has 0 aromatic heterocycles. The normalized spacial score (nSPS) is 17.7. The van der Waals surface area contributed by atoms with Crippen molar-refractivity contribution in [3.63, 3.8) is 0 Å². The lowest BCUT2D eigenvalue weighted by Crippen LogP contribution is -2.50. The Bertz CT molecular complexity index is 681. The van der Waals surface area contributed by atoms with E-state index in [0.29, 0.717) is 38.2 Å². The lowest BCUT2D eigenvalue weighted by molar-refractivity contribution is -0.384. The molecule has 1 saturated heterocycles. The topological polar surface area (TPSA) is 101 Å². The molecule has 9 nitrogen and oxygen atoms in total. The van der Waals surface area contributed by atoms with Gasteiger partial charge in [0.05, 0.1) is 24.2 Å². The lowest BCUT2D eigenvalue weighted by Gasteiger charge is -2.34. The molecule has 0 saturated carbocycles. The summed E-state index contributed by atoms with van der Waals surface area (Å²) in [6.07, 6.45) is 0.996. The predicted octanol–water partition coefficient (Wildman–Crippen LogP) is 2.41. The van der Waals surface area contributed by atoms with Gasteiger partial charge in [0, 0.05) is 58.1 Å². The van der Waals surface area contributed by atoms with E-state index < -0.39 is 4.92 Å². The van der Waals surface area contributed by atoms with E-state index in [-0.39, 0.29) is 11.8 Å². The maximum absolute atomic E-state index is 10.8. The first-order chi connectivity index (χ1) is 15.0. The maximum Gasteiger partial charge on any atom is 0.269 e. The zero-order valence-corrected chi connectivity index (χ0v) is 19.0. The largest absolute Gasteiger partial charge is 0.382 e. The van der Waals surface area contributed by atoms with Crippen LogP contribution in [-0.4, -0.2) is 74.4 Å². The first-order valence-electron chi connectivity index (χ1n) is 11.1. The van der Waals surface area contributed by atoms with E-state index in [4.69, 9.17) is 9.47 Å². The summed E-state index contributed by atoms with van der Waals surface area (Å²) in [5, 5.41) is 17.6. The Kier molecular flexibility index (Phi) is 11.3. The Balaban J connectivity index is 1.90. The van der Waals surface area contributed by atoms with Gasteiger partial charge in [-0.15, -0.1) is 0 Å². The Morgan fingerprint density at radius 3 is 2.81 bits per heavy atom. The first kappa shape index (κ1) is 25.0. The van der Waals surface area contributed by atoms with Gasteiger partial charge in [0.15, 0.2) is 5.96 Å². The molecule has 1 aliphatic rings. The highest BCUT2D eigenvalue weighted by Gasteiger charge is 2.21. The summed E-state index contributed by atoms with van der Waals surface area (Å²) >= 11 is 0.